The first kappa shape index (κ1) is 18.7. The summed E-state index contributed by atoms with van der Waals surface area (Å²) in [6.07, 6.45) is -1.50. The molecular weight excluding hydrogens is 324 g/mol. The van der Waals surface area contributed by atoms with Crippen molar-refractivity contribution in [3.05, 3.63) is 0 Å². The fraction of sp³-hybridized carbons (Fsp3) is 0.867. The Bertz CT molecular complexity index is 498. The summed E-state index contributed by atoms with van der Waals surface area (Å²) in [6, 6.07) is 0. The Hall–Kier alpha value is -0.670. The third kappa shape index (κ3) is 2.51. The average Bonchev–Trinajstić information content (AvgIpc) is 2.80. The van der Waals surface area contributed by atoms with Crippen LogP contribution in [0.3, 0.4) is 0 Å². The fourth-order valence-electron chi connectivity index (χ4n) is 3.01. The molecular formula is C15H24O7S. The van der Waals surface area contributed by atoms with E-state index < -0.39 is 35.4 Å². The van der Waals surface area contributed by atoms with E-state index >= 15 is 0 Å². The zero-order chi connectivity index (χ0) is 17.5. The van der Waals surface area contributed by atoms with E-state index in [2.05, 4.69) is 0 Å². The van der Waals surface area contributed by atoms with Crippen molar-refractivity contribution in [1.82, 2.24) is 0 Å². The molecule has 23 heavy (non-hydrogen) atoms. The van der Waals surface area contributed by atoms with Gasteiger partial charge in [-0.15, -0.1) is 0 Å². The smallest absolute Gasteiger partial charge is 0.339 e. The number of ether oxygens (including phenoxy) is 5. The van der Waals surface area contributed by atoms with Gasteiger partial charge in [0.1, 0.15) is 6.10 Å². The first-order chi connectivity index (χ1) is 10.7. The van der Waals surface area contributed by atoms with Crippen molar-refractivity contribution in [2.24, 2.45) is 0 Å². The molecule has 0 unspecified atom stereocenters. The normalized spacial score (nSPS) is 43.1. The van der Waals surface area contributed by atoms with Crippen LogP contribution >= 0.6 is 11.8 Å². The van der Waals surface area contributed by atoms with Gasteiger partial charge < -0.3 is 23.7 Å². The Morgan fingerprint density at radius 1 is 1.22 bits per heavy atom. The van der Waals surface area contributed by atoms with Gasteiger partial charge in [-0.25, -0.2) is 4.79 Å². The second-order valence-electron chi connectivity index (χ2n) is 5.75. The van der Waals surface area contributed by atoms with Crippen LogP contribution in [-0.2, 0) is 33.3 Å². The lowest BCUT2D eigenvalue weighted by Crippen LogP contribution is -2.73. The lowest BCUT2D eigenvalue weighted by atomic mass is 9.88. The molecule has 2 aliphatic rings. The van der Waals surface area contributed by atoms with Crippen molar-refractivity contribution in [2.45, 2.75) is 63.5 Å². The molecule has 8 heteroatoms. The van der Waals surface area contributed by atoms with Gasteiger partial charge in [0.25, 0.3) is 0 Å². The van der Waals surface area contributed by atoms with Crippen molar-refractivity contribution >= 4 is 22.8 Å². The highest BCUT2D eigenvalue weighted by molar-refractivity contribution is 8.13. The molecule has 0 aromatic rings. The highest BCUT2D eigenvalue weighted by atomic mass is 32.2. The van der Waals surface area contributed by atoms with Crippen LogP contribution in [0.25, 0.3) is 0 Å². The highest BCUT2D eigenvalue weighted by Gasteiger charge is 2.73. The number of methoxy groups -OCH3 is 2. The molecule has 0 aliphatic carbocycles. The Balaban J connectivity index is 2.56. The van der Waals surface area contributed by atoms with Gasteiger partial charge in [0.15, 0.2) is 6.10 Å². The number of carbonyl (C=O) groups is 2. The quantitative estimate of drug-likeness (QED) is 0.691. The van der Waals surface area contributed by atoms with Crippen molar-refractivity contribution in [3.8, 4) is 0 Å². The molecule has 0 amide bonds. The van der Waals surface area contributed by atoms with Crippen LogP contribution in [0.2, 0.25) is 0 Å². The van der Waals surface area contributed by atoms with E-state index in [1.807, 2.05) is 13.8 Å². The molecule has 7 nitrogen and oxygen atoms in total. The molecule has 0 spiro atoms. The summed E-state index contributed by atoms with van der Waals surface area (Å²) in [4.78, 5) is 25.2. The number of hydrogen-bond acceptors (Lipinski definition) is 8. The Morgan fingerprint density at radius 3 is 2.30 bits per heavy atom. The predicted octanol–water partition coefficient (Wildman–Crippen LogP) is 1.48. The SMILES string of the molecule is CCSC(=O)[C@]12O[C@@](C)(OC)[C@](C)(OC)O[C@H]1C(=O)O[C@@H]2CC. The minimum atomic E-state index is -1.55. The number of fused-ring (bicyclic) bond motifs is 1. The van der Waals surface area contributed by atoms with E-state index in [9.17, 15) is 9.59 Å². The molecule has 0 radical (unpaired) electrons. The van der Waals surface area contributed by atoms with E-state index in [1.165, 1.54) is 14.2 Å². The second-order valence-corrected chi connectivity index (χ2v) is 6.98. The van der Waals surface area contributed by atoms with Gasteiger partial charge in [0.2, 0.25) is 22.3 Å². The van der Waals surface area contributed by atoms with Gasteiger partial charge in [-0.3, -0.25) is 4.79 Å². The third-order valence-electron chi connectivity index (χ3n) is 4.62. The molecule has 0 N–H and O–H groups in total. The predicted molar refractivity (Wildman–Crippen MR) is 82.8 cm³/mol. The Morgan fingerprint density at radius 2 is 1.83 bits per heavy atom. The van der Waals surface area contributed by atoms with Crippen molar-refractivity contribution in [3.63, 3.8) is 0 Å². The van der Waals surface area contributed by atoms with E-state index in [-0.39, 0.29) is 5.12 Å². The standard InChI is InChI=1S/C15H24O7S/c1-7-9-15(12(17)23-8-2)10(11(16)20-9)21-13(3,18-5)14(4,19-6)22-15/h9-10H,7-8H2,1-6H3/t9-,10+,13-,14-,15-/m1/s1. The van der Waals surface area contributed by atoms with Gasteiger partial charge in [-0.1, -0.05) is 25.6 Å². The molecule has 2 saturated heterocycles. The Labute approximate surface area is 140 Å². The second kappa shape index (κ2) is 6.33. The Kier molecular flexibility index (Phi) is 5.13. The summed E-state index contributed by atoms with van der Waals surface area (Å²) in [5.74, 6) is -2.83. The number of hydrogen-bond donors (Lipinski definition) is 0. The van der Waals surface area contributed by atoms with Crippen LogP contribution in [0.5, 0.6) is 0 Å². The zero-order valence-electron chi connectivity index (χ0n) is 14.3. The molecule has 2 fully saturated rings. The summed E-state index contributed by atoms with van der Waals surface area (Å²) in [7, 11) is 2.86. The molecule has 0 saturated carbocycles. The summed E-state index contributed by atoms with van der Waals surface area (Å²) < 4.78 is 28.3. The number of cyclic esters (lactones) is 1. The van der Waals surface area contributed by atoms with Crippen LogP contribution < -0.4 is 0 Å². The molecule has 5 atom stereocenters. The lowest BCUT2D eigenvalue weighted by Gasteiger charge is -2.53. The van der Waals surface area contributed by atoms with Gasteiger partial charge in [-0.2, -0.15) is 0 Å². The fourth-order valence-corrected chi connectivity index (χ4v) is 3.77. The van der Waals surface area contributed by atoms with Crippen LogP contribution in [0.4, 0.5) is 0 Å². The molecule has 2 rings (SSSR count). The van der Waals surface area contributed by atoms with Gasteiger partial charge in [0, 0.05) is 14.2 Å². The lowest BCUT2D eigenvalue weighted by molar-refractivity contribution is -0.453. The summed E-state index contributed by atoms with van der Waals surface area (Å²) in [6.45, 7) is 6.90. The van der Waals surface area contributed by atoms with Gasteiger partial charge >= 0.3 is 5.97 Å². The summed E-state index contributed by atoms with van der Waals surface area (Å²) in [5.41, 5.74) is -1.55. The van der Waals surface area contributed by atoms with Crippen LogP contribution in [0, 0.1) is 0 Å². The summed E-state index contributed by atoms with van der Waals surface area (Å²) >= 11 is 1.07. The van der Waals surface area contributed by atoms with Crippen molar-refractivity contribution in [2.75, 3.05) is 20.0 Å². The number of carbonyl (C=O) groups excluding carboxylic acids is 2. The van der Waals surface area contributed by atoms with E-state index in [1.54, 1.807) is 13.8 Å². The van der Waals surface area contributed by atoms with Crippen LogP contribution in [0.1, 0.15) is 34.1 Å². The maximum atomic E-state index is 12.8. The minimum absolute atomic E-state index is 0.302. The molecule has 0 aromatic carbocycles. The van der Waals surface area contributed by atoms with Crippen molar-refractivity contribution < 1.29 is 33.3 Å². The van der Waals surface area contributed by atoms with Crippen LogP contribution in [-0.4, -0.2) is 60.4 Å². The molecule has 0 bridgehead atoms. The topological polar surface area (TPSA) is 80.3 Å². The number of rotatable bonds is 5. The highest BCUT2D eigenvalue weighted by Crippen LogP contribution is 2.50. The maximum Gasteiger partial charge on any atom is 0.339 e. The van der Waals surface area contributed by atoms with Crippen LogP contribution in [0.15, 0.2) is 0 Å². The largest absolute Gasteiger partial charge is 0.457 e. The first-order valence-corrected chi connectivity index (χ1v) is 8.59. The van der Waals surface area contributed by atoms with E-state index in [0.717, 1.165) is 11.8 Å². The zero-order valence-corrected chi connectivity index (χ0v) is 15.2. The molecule has 2 heterocycles. The van der Waals surface area contributed by atoms with Gasteiger partial charge in [-0.05, 0) is 26.0 Å². The third-order valence-corrected chi connectivity index (χ3v) is 5.49. The summed E-state index contributed by atoms with van der Waals surface area (Å²) in [5, 5.41) is -0.302. The van der Waals surface area contributed by atoms with Gasteiger partial charge in [0.05, 0.1) is 0 Å². The average molecular weight is 348 g/mol. The maximum absolute atomic E-state index is 12.8. The number of esters is 1. The molecule has 132 valence electrons. The molecule has 2 aliphatic heterocycles. The minimum Gasteiger partial charge on any atom is -0.457 e. The number of thioether (sulfide) groups is 1. The monoisotopic (exact) mass is 348 g/mol. The van der Waals surface area contributed by atoms with E-state index in [0.29, 0.717) is 12.2 Å². The van der Waals surface area contributed by atoms with E-state index in [4.69, 9.17) is 23.7 Å². The van der Waals surface area contributed by atoms with Crippen molar-refractivity contribution in [1.29, 1.82) is 0 Å². The molecule has 0 aromatic heterocycles. The first-order valence-electron chi connectivity index (χ1n) is 7.60.